The maximum atomic E-state index is 12.7. The van der Waals surface area contributed by atoms with Gasteiger partial charge in [0, 0.05) is 44.8 Å². The van der Waals surface area contributed by atoms with Crippen molar-refractivity contribution in [2.24, 2.45) is 5.92 Å². The minimum Gasteiger partial charge on any atom is -0.336 e. The molecule has 7 nitrogen and oxygen atoms in total. The molecule has 0 unspecified atom stereocenters. The van der Waals surface area contributed by atoms with Crippen LogP contribution in [-0.4, -0.2) is 72.3 Å². The van der Waals surface area contributed by atoms with Gasteiger partial charge in [-0.05, 0) is 45.7 Å². The van der Waals surface area contributed by atoms with Crippen molar-refractivity contribution in [1.29, 1.82) is 0 Å². The van der Waals surface area contributed by atoms with Crippen LogP contribution >= 0.6 is 0 Å². The smallest absolute Gasteiger partial charge is 0.319 e. The van der Waals surface area contributed by atoms with Gasteiger partial charge in [-0.1, -0.05) is 17.7 Å². The minimum absolute atomic E-state index is 0.0191. The highest BCUT2D eigenvalue weighted by atomic mass is 16.2. The molecule has 1 aromatic carbocycles. The van der Waals surface area contributed by atoms with E-state index in [1.807, 2.05) is 49.9 Å². The summed E-state index contributed by atoms with van der Waals surface area (Å²) in [7, 11) is 1.66. The molecule has 7 heteroatoms. The van der Waals surface area contributed by atoms with Crippen molar-refractivity contribution >= 4 is 23.5 Å². The Labute approximate surface area is 167 Å². The Morgan fingerprint density at radius 2 is 1.64 bits per heavy atom. The van der Waals surface area contributed by atoms with Crippen LogP contribution in [0.4, 0.5) is 10.5 Å². The Kier molecular flexibility index (Phi) is 7.84. The van der Waals surface area contributed by atoms with E-state index in [1.54, 1.807) is 11.9 Å². The van der Waals surface area contributed by atoms with Gasteiger partial charge in [-0.3, -0.25) is 9.59 Å². The first-order valence-corrected chi connectivity index (χ1v) is 10.0. The molecular weight excluding hydrogens is 356 g/mol. The highest BCUT2D eigenvalue weighted by molar-refractivity contribution is 5.94. The van der Waals surface area contributed by atoms with Gasteiger partial charge < -0.3 is 20.0 Å². The fraction of sp³-hybridized carbons (Fsp3) is 0.571. The van der Waals surface area contributed by atoms with Crippen LogP contribution in [0.3, 0.4) is 0 Å². The molecule has 0 aliphatic carbocycles. The topological polar surface area (TPSA) is 73.0 Å². The largest absolute Gasteiger partial charge is 0.336 e. The molecule has 1 N–H and O–H groups in total. The third-order valence-corrected chi connectivity index (χ3v) is 5.24. The first-order chi connectivity index (χ1) is 13.3. The zero-order chi connectivity index (χ0) is 20.7. The Hall–Kier alpha value is -2.57. The molecule has 4 amide bonds. The minimum atomic E-state index is -0.214. The maximum Gasteiger partial charge on any atom is 0.319 e. The van der Waals surface area contributed by atoms with Gasteiger partial charge in [-0.25, -0.2) is 4.79 Å². The van der Waals surface area contributed by atoms with Crippen LogP contribution in [0.1, 0.15) is 32.3 Å². The number of anilines is 1. The van der Waals surface area contributed by atoms with Crippen LogP contribution in [0.2, 0.25) is 0 Å². The lowest BCUT2D eigenvalue weighted by molar-refractivity contribution is -0.138. The number of likely N-dealkylation sites (tertiary alicyclic amines) is 1. The summed E-state index contributed by atoms with van der Waals surface area (Å²) in [4.78, 5) is 42.4. The van der Waals surface area contributed by atoms with Crippen molar-refractivity contribution < 1.29 is 14.4 Å². The van der Waals surface area contributed by atoms with Gasteiger partial charge >= 0.3 is 6.03 Å². The highest BCUT2D eigenvalue weighted by Crippen LogP contribution is 2.20. The maximum absolute atomic E-state index is 12.7. The lowest BCUT2D eigenvalue weighted by atomic mass is 9.95. The number of piperidine rings is 1. The number of urea groups is 1. The van der Waals surface area contributed by atoms with Crippen LogP contribution in [0.5, 0.6) is 0 Å². The zero-order valence-electron chi connectivity index (χ0n) is 17.4. The fourth-order valence-electron chi connectivity index (χ4n) is 3.45. The van der Waals surface area contributed by atoms with E-state index in [2.05, 4.69) is 5.32 Å². The molecule has 1 saturated heterocycles. The molecule has 28 heavy (non-hydrogen) atoms. The first kappa shape index (κ1) is 21.7. The lowest BCUT2D eigenvalue weighted by Gasteiger charge is -2.35. The average Bonchev–Trinajstić information content (AvgIpc) is 2.70. The third-order valence-electron chi connectivity index (χ3n) is 5.24. The van der Waals surface area contributed by atoms with Gasteiger partial charge in [0.1, 0.15) is 0 Å². The van der Waals surface area contributed by atoms with E-state index < -0.39 is 0 Å². The molecule has 0 saturated carbocycles. The number of rotatable bonds is 6. The Bertz CT molecular complexity index is 677. The number of nitrogens with one attached hydrogen (secondary N) is 1. The first-order valence-electron chi connectivity index (χ1n) is 10.0. The number of nitrogens with zero attached hydrogens (tertiary/aromatic N) is 3. The Morgan fingerprint density at radius 1 is 1.07 bits per heavy atom. The number of benzene rings is 1. The summed E-state index contributed by atoms with van der Waals surface area (Å²) in [5, 5.41) is 2.81. The molecule has 0 atom stereocenters. The van der Waals surface area contributed by atoms with E-state index in [0.29, 0.717) is 39.0 Å². The SMILES string of the molecule is CCN(CC)C(=O)N1CCC(C(=O)N(C)CC(=O)Nc2ccc(C)cc2)CC1. The molecule has 154 valence electrons. The summed E-state index contributed by atoms with van der Waals surface area (Å²) >= 11 is 0. The fourth-order valence-corrected chi connectivity index (χ4v) is 3.45. The molecule has 0 spiro atoms. The van der Waals surface area contributed by atoms with Gasteiger partial charge in [-0.2, -0.15) is 0 Å². The van der Waals surface area contributed by atoms with Crippen LogP contribution in [-0.2, 0) is 9.59 Å². The lowest BCUT2D eigenvalue weighted by Crippen LogP contribution is -2.49. The molecular formula is C21H32N4O3. The summed E-state index contributed by atoms with van der Waals surface area (Å²) in [6.45, 7) is 8.47. The number of amides is 4. The molecule has 1 heterocycles. The van der Waals surface area contributed by atoms with E-state index in [1.165, 1.54) is 4.90 Å². The Balaban J connectivity index is 1.81. The summed E-state index contributed by atoms with van der Waals surface area (Å²) in [5.74, 6) is -0.388. The van der Waals surface area contributed by atoms with E-state index in [9.17, 15) is 14.4 Å². The van der Waals surface area contributed by atoms with Crippen molar-refractivity contribution in [2.45, 2.75) is 33.6 Å². The molecule has 1 aliphatic rings. The standard InChI is InChI=1S/C21H32N4O3/c1-5-24(6-2)21(28)25-13-11-17(12-14-25)20(27)23(4)15-19(26)22-18-9-7-16(3)8-10-18/h7-10,17H,5-6,11-15H2,1-4H3,(H,22,26). The summed E-state index contributed by atoms with van der Waals surface area (Å²) in [6, 6.07) is 7.59. The summed E-state index contributed by atoms with van der Waals surface area (Å²) in [5.41, 5.74) is 1.84. The van der Waals surface area contributed by atoms with Gasteiger partial charge in [0.25, 0.3) is 0 Å². The number of hydrogen-bond donors (Lipinski definition) is 1. The second-order valence-corrected chi connectivity index (χ2v) is 7.32. The highest BCUT2D eigenvalue weighted by Gasteiger charge is 2.30. The molecule has 1 fully saturated rings. The molecule has 0 bridgehead atoms. The van der Waals surface area contributed by atoms with E-state index in [0.717, 1.165) is 11.3 Å². The molecule has 0 aromatic heterocycles. The summed E-state index contributed by atoms with van der Waals surface area (Å²) < 4.78 is 0. The number of aryl methyl sites for hydroxylation is 1. The van der Waals surface area contributed by atoms with Crippen LogP contribution < -0.4 is 5.32 Å². The molecule has 1 aliphatic heterocycles. The predicted molar refractivity (Wildman–Crippen MR) is 110 cm³/mol. The van der Waals surface area contributed by atoms with Crippen molar-refractivity contribution in [3.63, 3.8) is 0 Å². The molecule has 1 aromatic rings. The number of carbonyl (C=O) groups is 3. The quantitative estimate of drug-likeness (QED) is 0.814. The van der Waals surface area contributed by atoms with Crippen molar-refractivity contribution in [2.75, 3.05) is 45.1 Å². The van der Waals surface area contributed by atoms with Gasteiger partial charge in [0.05, 0.1) is 6.54 Å². The third kappa shape index (κ3) is 5.71. The van der Waals surface area contributed by atoms with Crippen LogP contribution in [0, 0.1) is 12.8 Å². The van der Waals surface area contributed by atoms with E-state index in [4.69, 9.17) is 0 Å². The number of carbonyl (C=O) groups excluding carboxylic acids is 3. The second kappa shape index (κ2) is 10.1. The van der Waals surface area contributed by atoms with Crippen molar-refractivity contribution in [3.05, 3.63) is 29.8 Å². The summed E-state index contributed by atoms with van der Waals surface area (Å²) in [6.07, 6.45) is 1.27. The monoisotopic (exact) mass is 388 g/mol. The van der Waals surface area contributed by atoms with E-state index in [-0.39, 0.29) is 30.3 Å². The second-order valence-electron chi connectivity index (χ2n) is 7.32. The normalized spacial score (nSPS) is 14.5. The van der Waals surface area contributed by atoms with Gasteiger partial charge in [0.2, 0.25) is 11.8 Å². The van der Waals surface area contributed by atoms with Gasteiger partial charge in [0.15, 0.2) is 0 Å². The van der Waals surface area contributed by atoms with E-state index >= 15 is 0 Å². The zero-order valence-corrected chi connectivity index (χ0v) is 17.4. The molecule has 0 radical (unpaired) electrons. The van der Waals surface area contributed by atoms with Crippen molar-refractivity contribution in [1.82, 2.24) is 14.7 Å². The van der Waals surface area contributed by atoms with Crippen molar-refractivity contribution in [3.8, 4) is 0 Å². The number of hydrogen-bond acceptors (Lipinski definition) is 3. The van der Waals surface area contributed by atoms with Crippen LogP contribution in [0.25, 0.3) is 0 Å². The average molecular weight is 389 g/mol. The molecule has 2 rings (SSSR count). The predicted octanol–water partition coefficient (Wildman–Crippen LogP) is 2.57. The van der Waals surface area contributed by atoms with Gasteiger partial charge in [-0.15, -0.1) is 0 Å². The Morgan fingerprint density at radius 3 is 2.18 bits per heavy atom. The van der Waals surface area contributed by atoms with Crippen LogP contribution in [0.15, 0.2) is 24.3 Å². The number of likely N-dealkylation sites (N-methyl/N-ethyl adjacent to an activating group) is 1.